The molecule has 1 N–H and O–H groups in total. The number of carbonyl (C=O) groups excluding carboxylic acids is 2. The Balaban J connectivity index is 2.01. The Hall–Kier alpha value is -1.90. The first-order chi connectivity index (χ1) is 7.75. The Morgan fingerprint density at radius 1 is 1.12 bits per heavy atom. The number of benzene rings is 1. The first-order valence-corrected chi connectivity index (χ1v) is 5.33. The summed E-state index contributed by atoms with van der Waals surface area (Å²) in [6.07, 6.45) is 3.40. The van der Waals surface area contributed by atoms with Crippen LogP contribution in [0.5, 0.6) is 0 Å². The fourth-order valence-electron chi connectivity index (χ4n) is 1.64. The highest BCUT2D eigenvalue weighted by Gasteiger charge is 2.12. The average molecular weight is 215 g/mol. The zero-order chi connectivity index (χ0) is 11.4. The fourth-order valence-corrected chi connectivity index (χ4v) is 1.64. The maximum atomic E-state index is 11.8. The minimum absolute atomic E-state index is 0.110. The van der Waals surface area contributed by atoms with Crippen LogP contribution in [0.2, 0.25) is 0 Å². The van der Waals surface area contributed by atoms with Gasteiger partial charge in [0, 0.05) is 24.1 Å². The molecule has 0 aromatic heterocycles. The van der Waals surface area contributed by atoms with Gasteiger partial charge in [0.1, 0.15) is 5.78 Å². The summed E-state index contributed by atoms with van der Waals surface area (Å²) in [7, 11) is 0. The smallest absolute Gasteiger partial charge is 0.255 e. The van der Waals surface area contributed by atoms with Gasteiger partial charge in [0.15, 0.2) is 0 Å². The second-order valence-electron chi connectivity index (χ2n) is 3.79. The van der Waals surface area contributed by atoms with E-state index < -0.39 is 0 Å². The second kappa shape index (κ2) is 4.75. The fraction of sp³-hybridized carbons (Fsp3) is 0.231. The summed E-state index contributed by atoms with van der Waals surface area (Å²) < 4.78 is 0. The molecule has 3 heteroatoms. The molecular formula is C13H13NO2. The third kappa shape index (κ3) is 2.57. The van der Waals surface area contributed by atoms with Crippen LogP contribution in [-0.2, 0) is 4.79 Å². The Bertz CT molecular complexity index is 435. The van der Waals surface area contributed by atoms with Crippen LogP contribution < -0.4 is 5.32 Å². The van der Waals surface area contributed by atoms with Crippen LogP contribution in [0.25, 0.3) is 0 Å². The summed E-state index contributed by atoms with van der Waals surface area (Å²) in [4.78, 5) is 22.8. The van der Waals surface area contributed by atoms with E-state index in [1.807, 2.05) is 18.2 Å². The van der Waals surface area contributed by atoms with Crippen molar-refractivity contribution in [3.8, 4) is 0 Å². The number of Topliss-reactive ketones (excluding diaryl/α,β-unsaturated/α-hetero) is 1. The van der Waals surface area contributed by atoms with Crippen molar-refractivity contribution in [2.45, 2.75) is 19.3 Å². The molecule has 0 saturated heterocycles. The molecule has 0 heterocycles. The predicted octanol–water partition coefficient (Wildman–Crippen LogP) is 2.05. The van der Waals surface area contributed by atoms with Crippen molar-refractivity contribution < 1.29 is 9.59 Å². The number of allylic oxidation sites excluding steroid dienone is 2. The molecule has 16 heavy (non-hydrogen) atoms. The van der Waals surface area contributed by atoms with Crippen LogP contribution in [0, 0.1) is 0 Å². The molecule has 0 atom stereocenters. The van der Waals surface area contributed by atoms with Gasteiger partial charge in [0.2, 0.25) is 0 Å². The lowest BCUT2D eigenvalue weighted by Gasteiger charge is -2.13. The van der Waals surface area contributed by atoms with Crippen molar-refractivity contribution in [3.63, 3.8) is 0 Å². The number of rotatable bonds is 2. The summed E-state index contributed by atoms with van der Waals surface area (Å²) >= 11 is 0. The predicted molar refractivity (Wildman–Crippen MR) is 60.8 cm³/mol. The van der Waals surface area contributed by atoms with Crippen molar-refractivity contribution in [1.29, 1.82) is 0 Å². The number of ketones is 1. The molecule has 0 spiro atoms. The monoisotopic (exact) mass is 215 g/mol. The van der Waals surface area contributed by atoms with Gasteiger partial charge in [-0.25, -0.2) is 0 Å². The van der Waals surface area contributed by atoms with Crippen molar-refractivity contribution in [2.24, 2.45) is 0 Å². The lowest BCUT2D eigenvalue weighted by molar-refractivity contribution is -0.118. The van der Waals surface area contributed by atoms with E-state index in [0.29, 0.717) is 24.8 Å². The molecular weight excluding hydrogens is 202 g/mol. The Morgan fingerprint density at radius 3 is 2.50 bits per heavy atom. The van der Waals surface area contributed by atoms with Crippen molar-refractivity contribution in [2.75, 3.05) is 0 Å². The number of hydrogen-bond donors (Lipinski definition) is 1. The van der Waals surface area contributed by atoms with Gasteiger partial charge in [-0.1, -0.05) is 24.3 Å². The van der Waals surface area contributed by atoms with Gasteiger partial charge < -0.3 is 5.32 Å². The molecule has 1 amide bonds. The van der Waals surface area contributed by atoms with Crippen molar-refractivity contribution in [1.82, 2.24) is 5.32 Å². The van der Waals surface area contributed by atoms with E-state index in [2.05, 4.69) is 5.32 Å². The van der Waals surface area contributed by atoms with Crippen LogP contribution >= 0.6 is 0 Å². The van der Waals surface area contributed by atoms with E-state index >= 15 is 0 Å². The van der Waals surface area contributed by atoms with Gasteiger partial charge in [0.05, 0.1) is 0 Å². The normalized spacial score (nSPS) is 15.5. The molecule has 0 aliphatic heterocycles. The van der Waals surface area contributed by atoms with E-state index in [9.17, 15) is 9.59 Å². The highest BCUT2D eigenvalue weighted by atomic mass is 16.1. The van der Waals surface area contributed by atoms with Gasteiger partial charge in [-0.15, -0.1) is 0 Å². The third-order valence-electron chi connectivity index (χ3n) is 2.56. The molecule has 1 aliphatic rings. The Labute approximate surface area is 94.2 Å². The minimum Gasteiger partial charge on any atom is -0.326 e. The molecule has 1 aromatic rings. The molecule has 1 aliphatic carbocycles. The molecule has 0 fully saturated rings. The number of hydrogen-bond acceptors (Lipinski definition) is 2. The summed E-state index contributed by atoms with van der Waals surface area (Å²) in [5, 5.41) is 2.83. The van der Waals surface area contributed by atoms with Crippen molar-refractivity contribution in [3.05, 3.63) is 47.7 Å². The molecule has 0 unspecified atom stereocenters. The highest BCUT2D eigenvalue weighted by molar-refractivity contribution is 5.95. The number of nitrogens with one attached hydrogen (secondary N) is 1. The van der Waals surface area contributed by atoms with Crippen LogP contribution in [0.3, 0.4) is 0 Å². The maximum absolute atomic E-state index is 11.8. The Morgan fingerprint density at radius 2 is 1.88 bits per heavy atom. The topological polar surface area (TPSA) is 46.2 Å². The summed E-state index contributed by atoms with van der Waals surface area (Å²) in [6, 6.07) is 9.06. The molecule has 0 saturated carbocycles. The maximum Gasteiger partial charge on any atom is 0.255 e. The van der Waals surface area contributed by atoms with Crippen LogP contribution in [0.1, 0.15) is 29.6 Å². The molecule has 0 radical (unpaired) electrons. The van der Waals surface area contributed by atoms with E-state index in [1.54, 1.807) is 18.2 Å². The van der Waals surface area contributed by atoms with Crippen LogP contribution in [-0.4, -0.2) is 11.7 Å². The van der Waals surface area contributed by atoms with Gasteiger partial charge in [0.25, 0.3) is 5.91 Å². The second-order valence-corrected chi connectivity index (χ2v) is 3.79. The lowest BCUT2D eigenvalue weighted by Crippen LogP contribution is -2.24. The first-order valence-electron chi connectivity index (χ1n) is 5.33. The Kier molecular flexibility index (Phi) is 3.15. The zero-order valence-electron chi connectivity index (χ0n) is 8.90. The molecule has 1 aromatic carbocycles. The van der Waals surface area contributed by atoms with Crippen LogP contribution in [0.15, 0.2) is 42.1 Å². The number of carbonyl (C=O) groups is 2. The molecule has 3 nitrogen and oxygen atoms in total. The van der Waals surface area contributed by atoms with Gasteiger partial charge >= 0.3 is 0 Å². The molecule has 0 bridgehead atoms. The quantitative estimate of drug-likeness (QED) is 0.820. The molecule has 82 valence electrons. The average Bonchev–Trinajstić information content (AvgIpc) is 2.33. The van der Waals surface area contributed by atoms with Gasteiger partial charge in [-0.05, 0) is 18.6 Å². The summed E-state index contributed by atoms with van der Waals surface area (Å²) in [5.41, 5.74) is 1.49. The lowest BCUT2D eigenvalue weighted by atomic mass is 10.0. The zero-order valence-corrected chi connectivity index (χ0v) is 8.90. The first kappa shape index (κ1) is 10.6. The van der Waals surface area contributed by atoms with Crippen LogP contribution in [0.4, 0.5) is 0 Å². The summed E-state index contributed by atoms with van der Waals surface area (Å²) in [5.74, 6) is 0.124. The van der Waals surface area contributed by atoms with Crippen molar-refractivity contribution >= 4 is 11.7 Å². The molecule has 2 rings (SSSR count). The standard InChI is InChI=1S/C13H13NO2/c15-12-8-6-11(7-9-12)14-13(16)10-4-2-1-3-5-10/h1-6H,7-9H2,(H,14,16). The van der Waals surface area contributed by atoms with E-state index in [-0.39, 0.29) is 11.7 Å². The van der Waals surface area contributed by atoms with E-state index in [1.165, 1.54) is 0 Å². The van der Waals surface area contributed by atoms with E-state index in [4.69, 9.17) is 0 Å². The number of amides is 1. The van der Waals surface area contributed by atoms with Gasteiger partial charge in [-0.3, -0.25) is 9.59 Å². The third-order valence-corrected chi connectivity index (χ3v) is 2.56. The highest BCUT2D eigenvalue weighted by Crippen LogP contribution is 2.13. The minimum atomic E-state index is -0.110. The largest absolute Gasteiger partial charge is 0.326 e. The van der Waals surface area contributed by atoms with E-state index in [0.717, 1.165) is 5.70 Å². The SMILES string of the molecule is O=C1CC=C(NC(=O)c2ccccc2)CC1. The van der Waals surface area contributed by atoms with Gasteiger partial charge in [-0.2, -0.15) is 0 Å². The summed E-state index contributed by atoms with van der Waals surface area (Å²) in [6.45, 7) is 0.